The first-order valence-corrected chi connectivity index (χ1v) is 4.90. The first-order chi connectivity index (χ1) is 7.35. The molecule has 0 bridgehead atoms. The van der Waals surface area contributed by atoms with Crippen molar-refractivity contribution in [3.05, 3.63) is 54.6 Å². The molecule has 15 heavy (non-hydrogen) atoms. The highest BCUT2D eigenvalue weighted by molar-refractivity contribution is 5.63. The van der Waals surface area contributed by atoms with Crippen LogP contribution < -0.4 is 0 Å². The molecular formula is C13H13NO. The molecule has 1 heterocycles. The molecule has 76 valence electrons. The van der Waals surface area contributed by atoms with Gasteiger partial charge in [-0.2, -0.15) is 0 Å². The van der Waals surface area contributed by atoms with Crippen molar-refractivity contribution in [1.82, 2.24) is 0 Å². The molecule has 0 saturated carbocycles. The standard InChI is InChI=1S/C13H13NO/c1-2-13(14-10-11-15-13)9-8-12-6-4-3-5-7-12/h2-10H,1,11H2. The zero-order chi connectivity index (χ0) is 10.6. The van der Waals surface area contributed by atoms with Crippen LogP contribution in [0.3, 0.4) is 0 Å². The number of aliphatic imine (C=N–C) groups is 1. The van der Waals surface area contributed by atoms with Gasteiger partial charge in [0.25, 0.3) is 0 Å². The van der Waals surface area contributed by atoms with Crippen molar-refractivity contribution in [2.24, 2.45) is 4.99 Å². The second-order valence-electron chi connectivity index (χ2n) is 3.32. The Balaban J connectivity index is 2.17. The highest BCUT2D eigenvalue weighted by Crippen LogP contribution is 2.21. The van der Waals surface area contributed by atoms with E-state index in [0.29, 0.717) is 6.61 Å². The van der Waals surface area contributed by atoms with Gasteiger partial charge >= 0.3 is 0 Å². The zero-order valence-corrected chi connectivity index (χ0v) is 8.47. The van der Waals surface area contributed by atoms with Crippen LogP contribution in [0.5, 0.6) is 0 Å². The first-order valence-electron chi connectivity index (χ1n) is 4.90. The van der Waals surface area contributed by atoms with Gasteiger partial charge in [0.2, 0.25) is 0 Å². The van der Waals surface area contributed by atoms with Gasteiger partial charge in [0, 0.05) is 6.21 Å². The average molecular weight is 199 g/mol. The summed E-state index contributed by atoms with van der Waals surface area (Å²) in [6.07, 6.45) is 7.37. The van der Waals surface area contributed by atoms with Gasteiger partial charge in [0.15, 0.2) is 5.72 Å². The van der Waals surface area contributed by atoms with Crippen LogP contribution >= 0.6 is 0 Å². The SMILES string of the molecule is C=CC1(C=Cc2ccccc2)N=CCO1. The van der Waals surface area contributed by atoms with E-state index < -0.39 is 5.72 Å². The van der Waals surface area contributed by atoms with E-state index >= 15 is 0 Å². The minimum absolute atomic E-state index is 0.547. The highest BCUT2D eigenvalue weighted by Gasteiger charge is 2.25. The molecule has 1 aliphatic heterocycles. The smallest absolute Gasteiger partial charge is 0.197 e. The van der Waals surface area contributed by atoms with Crippen molar-refractivity contribution in [2.45, 2.75) is 5.72 Å². The molecule has 0 amide bonds. The lowest BCUT2D eigenvalue weighted by Crippen LogP contribution is -2.19. The summed E-state index contributed by atoms with van der Waals surface area (Å²) in [6, 6.07) is 10.1. The van der Waals surface area contributed by atoms with E-state index in [1.807, 2.05) is 42.5 Å². The fourth-order valence-corrected chi connectivity index (χ4v) is 1.44. The molecule has 0 radical (unpaired) electrons. The molecule has 0 spiro atoms. The molecule has 0 saturated heterocycles. The second-order valence-corrected chi connectivity index (χ2v) is 3.32. The van der Waals surface area contributed by atoms with E-state index in [4.69, 9.17) is 4.74 Å². The largest absolute Gasteiger partial charge is 0.341 e. The van der Waals surface area contributed by atoms with Crippen molar-refractivity contribution < 1.29 is 4.74 Å². The van der Waals surface area contributed by atoms with Gasteiger partial charge in [-0.1, -0.05) is 43.0 Å². The van der Waals surface area contributed by atoms with E-state index in [0.717, 1.165) is 5.56 Å². The first kappa shape index (κ1) is 9.87. The molecule has 2 heteroatoms. The number of nitrogens with zero attached hydrogens (tertiary/aromatic N) is 1. The predicted octanol–water partition coefficient (Wildman–Crippen LogP) is 2.68. The molecule has 0 aliphatic carbocycles. The molecule has 0 N–H and O–H groups in total. The van der Waals surface area contributed by atoms with Crippen LogP contribution in [0, 0.1) is 0 Å². The third-order valence-corrected chi connectivity index (χ3v) is 2.29. The highest BCUT2D eigenvalue weighted by atomic mass is 16.5. The van der Waals surface area contributed by atoms with Gasteiger partial charge in [0.1, 0.15) is 0 Å². The summed E-state index contributed by atoms with van der Waals surface area (Å²) in [5.41, 5.74) is 0.472. The lowest BCUT2D eigenvalue weighted by atomic mass is 10.1. The molecule has 1 atom stereocenters. The van der Waals surface area contributed by atoms with Gasteiger partial charge in [-0.3, -0.25) is 4.99 Å². The fraction of sp³-hybridized carbons (Fsp3) is 0.154. The molecule has 0 aromatic heterocycles. The third kappa shape index (κ3) is 2.22. The number of hydrogen-bond donors (Lipinski definition) is 0. The molecule has 1 aromatic carbocycles. The fourth-order valence-electron chi connectivity index (χ4n) is 1.44. The maximum atomic E-state index is 5.48. The Hall–Kier alpha value is -1.67. The van der Waals surface area contributed by atoms with Gasteiger partial charge in [-0.05, 0) is 17.7 Å². The molecule has 2 nitrogen and oxygen atoms in total. The second kappa shape index (κ2) is 4.24. The quantitative estimate of drug-likeness (QED) is 0.686. The van der Waals surface area contributed by atoms with Crippen LogP contribution in [0.4, 0.5) is 0 Å². The lowest BCUT2D eigenvalue weighted by Gasteiger charge is -2.16. The Morgan fingerprint density at radius 3 is 2.73 bits per heavy atom. The Morgan fingerprint density at radius 2 is 2.13 bits per heavy atom. The monoisotopic (exact) mass is 199 g/mol. The minimum atomic E-state index is -0.657. The van der Waals surface area contributed by atoms with Gasteiger partial charge in [-0.25, -0.2) is 0 Å². The van der Waals surface area contributed by atoms with E-state index in [9.17, 15) is 0 Å². The number of benzene rings is 1. The van der Waals surface area contributed by atoms with Crippen molar-refractivity contribution >= 4 is 12.3 Å². The zero-order valence-electron chi connectivity index (χ0n) is 8.47. The van der Waals surface area contributed by atoms with E-state index in [2.05, 4.69) is 11.6 Å². The van der Waals surface area contributed by atoms with E-state index in [-0.39, 0.29) is 0 Å². The summed E-state index contributed by atoms with van der Waals surface area (Å²) in [7, 11) is 0. The topological polar surface area (TPSA) is 21.6 Å². The summed E-state index contributed by atoms with van der Waals surface area (Å²) in [4.78, 5) is 4.25. The van der Waals surface area contributed by atoms with Crippen LogP contribution in [0.25, 0.3) is 6.08 Å². The van der Waals surface area contributed by atoms with Crippen LogP contribution in [0.1, 0.15) is 5.56 Å². The maximum Gasteiger partial charge on any atom is 0.197 e. The normalized spacial score (nSPS) is 24.8. The predicted molar refractivity (Wildman–Crippen MR) is 62.8 cm³/mol. The molecule has 1 aromatic rings. The molecule has 0 fully saturated rings. The lowest BCUT2D eigenvalue weighted by molar-refractivity contribution is 0.0837. The third-order valence-electron chi connectivity index (χ3n) is 2.29. The average Bonchev–Trinajstić information content (AvgIpc) is 2.77. The Bertz CT molecular complexity index is 394. The number of rotatable bonds is 3. The Kier molecular flexibility index (Phi) is 2.79. The van der Waals surface area contributed by atoms with Gasteiger partial charge in [-0.15, -0.1) is 0 Å². The van der Waals surface area contributed by atoms with Crippen LogP contribution in [0.2, 0.25) is 0 Å². The summed E-state index contributed by atoms with van der Waals surface area (Å²) in [5.74, 6) is 0. The van der Waals surface area contributed by atoms with Crippen molar-refractivity contribution in [2.75, 3.05) is 6.61 Å². The van der Waals surface area contributed by atoms with Gasteiger partial charge < -0.3 is 4.74 Å². The van der Waals surface area contributed by atoms with Crippen molar-refractivity contribution in [3.8, 4) is 0 Å². The van der Waals surface area contributed by atoms with Crippen LogP contribution in [-0.2, 0) is 4.74 Å². The minimum Gasteiger partial charge on any atom is -0.341 e. The summed E-state index contributed by atoms with van der Waals surface area (Å²) >= 11 is 0. The molecule has 1 aliphatic rings. The molecule has 2 rings (SSSR count). The summed E-state index contributed by atoms with van der Waals surface area (Å²) in [5, 5.41) is 0. The van der Waals surface area contributed by atoms with Crippen molar-refractivity contribution in [1.29, 1.82) is 0 Å². The number of hydrogen-bond acceptors (Lipinski definition) is 2. The van der Waals surface area contributed by atoms with Crippen LogP contribution in [-0.4, -0.2) is 18.5 Å². The Labute approximate surface area is 89.6 Å². The van der Waals surface area contributed by atoms with Crippen LogP contribution in [0.15, 0.2) is 54.1 Å². The molecule has 1 unspecified atom stereocenters. The maximum absolute atomic E-state index is 5.48. The summed E-state index contributed by atoms with van der Waals surface area (Å²) in [6.45, 7) is 4.28. The van der Waals surface area contributed by atoms with E-state index in [1.165, 1.54) is 0 Å². The molecular weight excluding hydrogens is 186 g/mol. The number of ether oxygens (including phenoxy) is 1. The van der Waals surface area contributed by atoms with Crippen molar-refractivity contribution in [3.63, 3.8) is 0 Å². The van der Waals surface area contributed by atoms with Gasteiger partial charge in [0.05, 0.1) is 6.61 Å². The van der Waals surface area contributed by atoms with E-state index in [1.54, 1.807) is 12.3 Å². The summed E-state index contributed by atoms with van der Waals surface area (Å²) < 4.78 is 5.48. The Morgan fingerprint density at radius 1 is 1.33 bits per heavy atom.